The number of ether oxygens (including phenoxy) is 1. The van der Waals surface area contributed by atoms with Crippen LogP contribution >= 0.6 is 0 Å². The lowest BCUT2D eigenvalue weighted by atomic mass is 9.77. The summed E-state index contributed by atoms with van der Waals surface area (Å²) in [5.74, 6) is -0.0298. The smallest absolute Gasteiger partial charge is 0.447 e. The van der Waals surface area contributed by atoms with E-state index in [0.29, 0.717) is 13.0 Å². The van der Waals surface area contributed by atoms with Crippen LogP contribution in [0.2, 0.25) is 0 Å². The zero-order valence-electron chi connectivity index (χ0n) is 18.4. The third-order valence-electron chi connectivity index (χ3n) is 5.90. The Bertz CT molecular complexity index is 792. The van der Waals surface area contributed by atoms with Crippen molar-refractivity contribution in [1.82, 2.24) is 5.32 Å². The van der Waals surface area contributed by atoms with E-state index in [1.54, 1.807) is 11.8 Å². The van der Waals surface area contributed by atoms with Gasteiger partial charge in [-0.05, 0) is 65.1 Å². The molecule has 0 saturated carbocycles. The maximum Gasteiger partial charge on any atom is 0.494 e. The Balaban J connectivity index is 1.93. The number of anilines is 1. The lowest BCUT2D eigenvalue weighted by molar-refractivity contribution is -0.116. The molecule has 7 nitrogen and oxygen atoms in total. The molecule has 0 radical (unpaired) electrons. The molecule has 1 aromatic carbocycles. The summed E-state index contributed by atoms with van der Waals surface area (Å²) in [5.41, 5.74) is 1.62. The Morgan fingerprint density at radius 2 is 1.83 bits per heavy atom. The predicted molar refractivity (Wildman–Crippen MR) is 112 cm³/mol. The molecule has 2 aliphatic rings. The van der Waals surface area contributed by atoms with Crippen LogP contribution in [0.5, 0.6) is 0 Å². The first-order valence-corrected chi connectivity index (χ1v) is 10.2. The molecule has 158 valence electrons. The Morgan fingerprint density at radius 1 is 1.21 bits per heavy atom. The van der Waals surface area contributed by atoms with Crippen molar-refractivity contribution in [2.75, 3.05) is 11.4 Å². The summed E-state index contributed by atoms with van der Waals surface area (Å²) in [6.07, 6.45) is -0.0665. The van der Waals surface area contributed by atoms with Crippen LogP contribution in [0.25, 0.3) is 0 Å². The van der Waals surface area contributed by atoms with E-state index >= 15 is 0 Å². The molecule has 0 spiro atoms. The molecule has 2 amide bonds. The van der Waals surface area contributed by atoms with Crippen LogP contribution in [0.3, 0.4) is 0 Å². The van der Waals surface area contributed by atoms with Gasteiger partial charge in [0, 0.05) is 19.2 Å². The summed E-state index contributed by atoms with van der Waals surface area (Å²) in [7, 11) is -0.513. The molecule has 1 fully saturated rings. The molecule has 1 atom stereocenters. The second kappa shape index (κ2) is 7.65. The Labute approximate surface area is 173 Å². The third-order valence-corrected chi connectivity index (χ3v) is 5.90. The first-order chi connectivity index (χ1) is 13.4. The van der Waals surface area contributed by atoms with Crippen LogP contribution in [0, 0.1) is 0 Å². The molecule has 3 rings (SSSR count). The van der Waals surface area contributed by atoms with Gasteiger partial charge in [-0.1, -0.05) is 12.1 Å². The van der Waals surface area contributed by atoms with Gasteiger partial charge in [0.2, 0.25) is 5.91 Å². The third kappa shape index (κ3) is 4.28. The maximum absolute atomic E-state index is 12.2. The lowest BCUT2D eigenvalue weighted by Gasteiger charge is -2.34. The number of carbonyl (C=O) groups excluding carboxylic acids is 2. The number of fused-ring (bicyclic) bond motifs is 1. The van der Waals surface area contributed by atoms with Gasteiger partial charge in [0.05, 0.1) is 23.3 Å². The highest BCUT2D eigenvalue weighted by Crippen LogP contribution is 2.38. The van der Waals surface area contributed by atoms with Crippen molar-refractivity contribution in [3.8, 4) is 0 Å². The molecule has 29 heavy (non-hydrogen) atoms. The van der Waals surface area contributed by atoms with Crippen LogP contribution in [0.15, 0.2) is 18.2 Å². The van der Waals surface area contributed by atoms with Crippen LogP contribution in [-0.4, -0.2) is 43.0 Å². The summed E-state index contributed by atoms with van der Waals surface area (Å²) in [5, 5.41) is 2.94. The summed E-state index contributed by atoms with van der Waals surface area (Å²) in [6, 6.07) is 5.53. The summed E-state index contributed by atoms with van der Waals surface area (Å²) >= 11 is 0. The number of nitrogens with zero attached hydrogens (tertiary/aromatic N) is 1. The number of rotatable bonds is 3. The average molecular weight is 402 g/mol. The van der Waals surface area contributed by atoms with Crippen molar-refractivity contribution >= 4 is 30.3 Å². The van der Waals surface area contributed by atoms with Gasteiger partial charge in [0.1, 0.15) is 0 Å². The molecule has 1 N–H and O–H groups in total. The van der Waals surface area contributed by atoms with Crippen LogP contribution in [0.1, 0.15) is 66.5 Å². The molecule has 1 saturated heterocycles. The Hall–Kier alpha value is -2.06. The molecule has 0 aromatic heterocycles. The SMILES string of the molecule is CC(=O)N1CCC(NC(=O)OC(C)C)c2cc(B3OC(C)(C)C(C)(C)O3)ccc21. The zero-order valence-corrected chi connectivity index (χ0v) is 18.4. The number of carbonyl (C=O) groups is 2. The van der Waals surface area contributed by atoms with Gasteiger partial charge in [0.15, 0.2) is 0 Å². The number of nitrogens with one attached hydrogen (secondary N) is 1. The van der Waals surface area contributed by atoms with Gasteiger partial charge in [-0.25, -0.2) is 4.79 Å². The molecule has 1 aromatic rings. The molecule has 2 aliphatic heterocycles. The first kappa shape index (κ1) is 21.6. The Kier molecular flexibility index (Phi) is 5.71. The molecule has 8 heteroatoms. The fraction of sp³-hybridized carbons (Fsp3) is 0.619. The zero-order chi connectivity index (χ0) is 21.6. The fourth-order valence-electron chi connectivity index (χ4n) is 3.63. The van der Waals surface area contributed by atoms with Crippen molar-refractivity contribution in [1.29, 1.82) is 0 Å². The van der Waals surface area contributed by atoms with Gasteiger partial charge < -0.3 is 24.3 Å². The monoisotopic (exact) mass is 402 g/mol. The van der Waals surface area contributed by atoms with E-state index in [-0.39, 0.29) is 18.1 Å². The highest BCUT2D eigenvalue weighted by atomic mass is 16.7. The number of benzene rings is 1. The fourth-order valence-corrected chi connectivity index (χ4v) is 3.63. The number of amides is 2. The second-order valence-corrected chi connectivity index (χ2v) is 9.02. The van der Waals surface area contributed by atoms with Crippen molar-refractivity contribution in [2.45, 2.75) is 78.2 Å². The van der Waals surface area contributed by atoms with Crippen LogP contribution in [0.4, 0.5) is 10.5 Å². The van der Waals surface area contributed by atoms with E-state index in [0.717, 1.165) is 16.7 Å². The predicted octanol–water partition coefficient (Wildman–Crippen LogP) is 2.92. The summed E-state index contributed by atoms with van der Waals surface area (Å²) in [6.45, 7) is 13.7. The van der Waals surface area contributed by atoms with Crippen LogP contribution in [-0.2, 0) is 18.8 Å². The van der Waals surface area contributed by atoms with Crippen molar-refractivity contribution < 1.29 is 23.6 Å². The molecule has 0 bridgehead atoms. The lowest BCUT2D eigenvalue weighted by Crippen LogP contribution is -2.42. The summed E-state index contributed by atoms with van der Waals surface area (Å²) in [4.78, 5) is 26.0. The van der Waals surface area contributed by atoms with E-state index < -0.39 is 24.4 Å². The Morgan fingerprint density at radius 3 is 2.38 bits per heavy atom. The quantitative estimate of drug-likeness (QED) is 0.787. The van der Waals surface area contributed by atoms with E-state index in [1.165, 1.54) is 0 Å². The van der Waals surface area contributed by atoms with Crippen molar-refractivity contribution in [2.24, 2.45) is 0 Å². The van der Waals surface area contributed by atoms with Crippen molar-refractivity contribution in [3.63, 3.8) is 0 Å². The minimum Gasteiger partial charge on any atom is -0.447 e. The number of hydrogen-bond acceptors (Lipinski definition) is 5. The molecule has 1 unspecified atom stereocenters. The number of alkyl carbamates (subject to hydrolysis) is 1. The largest absolute Gasteiger partial charge is 0.494 e. The standard InChI is InChI=1S/C21H31BN2O5/c1-13(2)27-19(26)23-17-10-11-24(14(3)25)18-9-8-15(12-16(17)18)22-28-20(4,5)21(6,7)29-22/h8-9,12-13,17H,10-11H2,1-7H3,(H,23,26). The number of hydrogen-bond donors (Lipinski definition) is 1. The highest BCUT2D eigenvalue weighted by molar-refractivity contribution is 6.62. The van der Waals surface area contributed by atoms with Gasteiger partial charge in [-0.2, -0.15) is 0 Å². The summed E-state index contributed by atoms with van der Waals surface area (Å²) < 4.78 is 17.6. The molecule has 0 aliphatic carbocycles. The molecular formula is C21H31BN2O5. The van der Waals surface area contributed by atoms with Gasteiger partial charge in [-0.15, -0.1) is 0 Å². The first-order valence-electron chi connectivity index (χ1n) is 10.2. The maximum atomic E-state index is 12.2. The highest BCUT2D eigenvalue weighted by Gasteiger charge is 2.52. The average Bonchev–Trinajstić information content (AvgIpc) is 2.81. The van der Waals surface area contributed by atoms with E-state index in [2.05, 4.69) is 5.32 Å². The minimum absolute atomic E-state index is 0.0298. The van der Waals surface area contributed by atoms with E-state index in [1.807, 2.05) is 59.7 Å². The van der Waals surface area contributed by atoms with Gasteiger partial charge >= 0.3 is 13.2 Å². The van der Waals surface area contributed by atoms with Crippen molar-refractivity contribution in [3.05, 3.63) is 23.8 Å². The molecule has 2 heterocycles. The van der Waals surface area contributed by atoms with E-state index in [9.17, 15) is 9.59 Å². The minimum atomic E-state index is -0.513. The van der Waals surface area contributed by atoms with Crippen LogP contribution < -0.4 is 15.7 Å². The van der Waals surface area contributed by atoms with E-state index in [4.69, 9.17) is 14.0 Å². The topological polar surface area (TPSA) is 77.1 Å². The second-order valence-electron chi connectivity index (χ2n) is 9.02. The molecular weight excluding hydrogens is 371 g/mol. The normalized spacial score (nSPS) is 22.4. The van der Waals surface area contributed by atoms with Gasteiger partial charge in [-0.3, -0.25) is 4.79 Å². The van der Waals surface area contributed by atoms with Gasteiger partial charge in [0.25, 0.3) is 0 Å².